The first-order valence-corrected chi connectivity index (χ1v) is 6.71. The molecule has 2 nitrogen and oxygen atoms in total. The maximum atomic E-state index is 6.35. The van der Waals surface area contributed by atoms with E-state index in [4.69, 9.17) is 5.73 Å². The van der Waals surface area contributed by atoms with Crippen molar-refractivity contribution in [3.05, 3.63) is 0 Å². The number of rotatable bonds is 1. The summed E-state index contributed by atoms with van der Waals surface area (Å²) in [5, 5.41) is 0. The zero-order valence-corrected chi connectivity index (χ0v) is 10.1. The van der Waals surface area contributed by atoms with Gasteiger partial charge in [0.25, 0.3) is 0 Å². The highest BCUT2D eigenvalue weighted by atomic mass is 15.1. The van der Waals surface area contributed by atoms with Gasteiger partial charge in [-0.25, -0.2) is 0 Å². The topological polar surface area (TPSA) is 29.3 Å². The van der Waals surface area contributed by atoms with E-state index in [0.29, 0.717) is 6.04 Å². The van der Waals surface area contributed by atoms with Crippen molar-refractivity contribution in [1.82, 2.24) is 4.90 Å². The Hall–Kier alpha value is -0.0800. The third-order valence-corrected chi connectivity index (χ3v) is 4.49. The fourth-order valence-corrected chi connectivity index (χ4v) is 3.43. The molecule has 1 aliphatic heterocycles. The molecule has 2 fully saturated rings. The van der Waals surface area contributed by atoms with Crippen LogP contribution in [0.5, 0.6) is 0 Å². The van der Waals surface area contributed by atoms with E-state index in [1.165, 1.54) is 58.0 Å². The van der Waals surface area contributed by atoms with Crippen LogP contribution < -0.4 is 5.73 Å². The third kappa shape index (κ3) is 2.94. The van der Waals surface area contributed by atoms with Crippen molar-refractivity contribution in [2.45, 2.75) is 51.0 Å². The van der Waals surface area contributed by atoms with E-state index in [2.05, 4.69) is 11.9 Å². The quantitative estimate of drug-likeness (QED) is 0.719. The van der Waals surface area contributed by atoms with Crippen molar-refractivity contribution in [3.63, 3.8) is 0 Å². The number of likely N-dealkylation sites (tertiary alicyclic amines) is 1. The first-order chi connectivity index (χ1) is 7.27. The number of hydrogen-bond acceptors (Lipinski definition) is 2. The molecular weight excluding hydrogens is 184 g/mol. The van der Waals surface area contributed by atoms with Crippen LogP contribution in [0.25, 0.3) is 0 Å². The second-order valence-electron chi connectivity index (χ2n) is 5.61. The fourth-order valence-electron chi connectivity index (χ4n) is 3.43. The minimum atomic E-state index is 0.470. The van der Waals surface area contributed by atoms with Gasteiger partial charge in [0.15, 0.2) is 0 Å². The molecule has 2 rings (SSSR count). The summed E-state index contributed by atoms with van der Waals surface area (Å²) >= 11 is 0. The molecule has 2 heteroatoms. The van der Waals surface area contributed by atoms with E-state index in [1.54, 1.807) is 0 Å². The molecule has 2 atom stereocenters. The zero-order valence-electron chi connectivity index (χ0n) is 10.1. The molecule has 2 unspecified atom stereocenters. The summed E-state index contributed by atoms with van der Waals surface area (Å²) in [6.45, 7) is 2.46. The molecule has 0 radical (unpaired) electrons. The molecule has 2 aliphatic rings. The first kappa shape index (κ1) is 11.4. The molecule has 0 bridgehead atoms. The Balaban J connectivity index is 1.93. The summed E-state index contributed by atoms with van der Waals surface area (Å²) in [6, 6.07) is 0.470. The Morgan fingerprint density at radius 3 is 2.33 bits per heavy atom. The third-order valence-electron chi connectivity index (χ3n) is 4.49. The maximum absolute atomic E-state index is 6.35. The predicted molar refractivity (Wildman–Crippen MR) is 64.8 cm³/mol. The largest absolute Gasteiger partial charge is 0.327 e. The van der Waals surface area contributed by atoms with Gasteiger partial charge < -0.3 is 10.6 Å². The van der Waals surface area contributed by atoms with Gasteiger partial charge in [-0.15, -0.1) is 0 Å². The first-order valence-electron chi connectivity index (χ1n) is 6.71. The van der Waals surface area contributed by atoms with Crippen molar-refractivity contribution in [1.29, 1.82) is 0 Å². The monoisotopic (exact) mass is 210 g/mol. The van der Waals surface area contributed by atoms with Gasteiger partial charge in [-0.2, -0.15) is 0 Å². The second-order valence-corrected chi connectivity index (χ2v) is 5.61. The highest BCUT2D eigenvalue weighted by Gasteiger charge is 2.30. The second kappa shape index (κ2) is 5.31. The fraction of sp³-hybridized carbons (Fsp3) is 1.00. The molecule has 2 N–H and O–H groups in total. The van der Waals surface area contributed by atoms with Crippen LogP contribution in [0.3, 0.4) is 0 Å². The van der Waals surface area contributed by atoms with E-state index in [9.17, 15) is 0 Å². The lowest BCUT2D eigenvalue weighted by molar-refractivity contribution is 0.206. The highest BCUT2D eigenvalue weighted by Crippen LogP contribution is 2.34. The highest BCUT2D eigenvalue weighted by molar-refractivity contribution is 4.85. The Kier molecular flexibility index (Phi) is 4.04. The van der Waals surface area contributed by atoms with Crippen LogP contribution in [-0.2, 0) is 0 Å². The summed E-state index contributed by atoms with van der Waals surface area (Å²) in [5.41, 5.74) is 6.35. The van der Waals surface area contributed by atoms with Crippen molar-refractivity contribution < 1.29 is 0 Å². The lowest BCUT2D eigenvalue weighted by Crippen LogP contribution is -2.35. The van der Waals surface area contributed by atoms with Crippen LogP contribution >= 0.6 is 0 Å². The molecular formula is C13H26N2. The molecule has 0 spiro atoms. The van der Waals surface area contributed by atoms with E-state index in [1.807, 2.05) is 0 Å². The van der Waals surface area contributed by atoms with Crippen molar-refractivity contribution in [2.75, 3.05) is 20.1 Å². The average Bonchev–Trinajstić information content (AvgIpc) is 2.43. The van der Waals surface area contributed by atoms with Crippen LogP contribution in [0.1, 0.15) is 44.9 Å². The number of nitrogens with two attached hydrogens (primary N) is 1. The molecule has 0 aromatic carbocycles. The summed E-state index contributed by atoms with van der Waals surface area (Å²) in [7, 11) is 2.23. The molecule has 1 aliphatic carbocycles. The predicted octanol–water partition coefficient (Wildman–Crippen LogP) is 2.24. The molecule has 15 heavy (non-hydrogen) atoms. The Morgan fingerprint density at radius 1 is 0.933 bits per heavy atom. The Bertz CT molecular complexity index is 187. The van der Waals surface area contributed by atoms with E-state index >= 15 is 0 Å². The Morgan fingerprint density at radius 2 is 1.60 bits per heavy atom. The molecule has 1 heterocycles. The number of nitrogens with zero attached hydrogens (tertiary/aromatic N) is 1. The van der Waals surface area contributed by atoms with E-state index < -0.39 is 0 Å². The van der Waals surface area contributed by atoms with Crippen LogP contribution in [0, 0.1) is 11.8 Å². The zero-order chi connectivity index (χ0) is 10.7. The van der Waals surface area contributed by atoms with Gasteiger partial charge >= 0.3 is 0 Å². The normalized spacial score (nSPS) is 36.4. The molecule has 0 amide bonds. The summed E-state index contributed by atoms with van der Waals surface area (Å²) < 4.78 is 0. The standard InChI is InChI=1S/C13H26N2/c1-15-9-7-12(13(14)8-10-15)11-5-3-2-4-6-11/h11-13H,2-10,14H2,1H3. The van der Waals surface area contributed by atoms with Crippen molar-refractivity contribution in [3.8, 4) is 0 Å². The minimum Gasteiger partial charge on any atom is -0.327 e. The van der Waals surface area contributed by atoms with Gasteiger partial charge in [0, 0.05) is 6.04 Å². The SMILES string of the molecule is CN1CCC(N)C(C2CCCCC2)CC1. The Labute approximate surface area is 94.2 Å². The van der Waals surface area contributed by atoms with Crippen LogP contribution in [0.4, 0.5) is 0 Å². The van der Waals surface area contributed by atoms with Crippen LogP contribution in [0.2, 0.25) is 0 Å². The molecule has 0 aromatic rings. The molecule has 0 aromatic heterocycles. The van der Waals surface area contributed by atoms with Gasteiger partial charge in [0.1, 0.15) is 0 Å². The van der Waals surface area contributed by atoms with Gasteiger partial charge in [-0.1, -0.05) is 32.1 Å². The van der Waals surface area contributed by atoms with Crippen molar-refractivity contribution >= 4 is 0 Å². The molecule has 88 valence electrons. The smallest absolute Gasteiger partial charge is 0.00824 e. The minimum absolute atomic E-state index is 0.470. The van der Waals surface area contributed by atoms with Gasteiger partial charge in [0.2, 0.25) is 0 Å². The van der Waals surface area contributed by atoms with E-state index in [-0.39, 0.29) is 0 Å². The average molecular weight is 210 g/mol. The van der Waals surface area contributed by atoms with Gasteiger partial charge in [-0.3, -0.25) is 0 Å². The molecule has 1 saturated heterocycles. The lowest BCUT2D eigenvalue weighted by Gasteiger charge is -2.33. The maximum Gasteiger partial charge on any atom is 0.00824 e. The number of hydrogen-bond donors (Lipinski definition) is 1. The summed E-state index contributed by atoms with van der Waals surface area (Å²) in [5.74, 6) is 1.76. The van der Waals surface area contributed by atoms with E-state index in [0.717, 1.165) is 11.8 Å². The van der Waals surface area contributed by atoms with Crippen molar-refractivity contribution in [2.24, 2.45) is 17.6 Å². The van der Waals surface area contributed by atoms with Crippen LogP contribution in [-0.4, -0.2) is 31.1 Å². The summed E-state index contributed by atoms with van der Waals surface area (Å²) in [6.07, 6.45) is 9.79. The van der Waals surface area contributed by atoms with Gasteiger partial charge in [-0.05, 0) is 44.8 Å². The van der Waals surface area contributed by atoms with Gasteiger partial charge in [0.05, 0.1) is 0 Å². The lowest BCUT2D eigenvalue weighted by atomic mass is 9.75. The van der Waals surface area contributed by atoms with Crippen LogP contribution in [0.15, 0.2) is 0 Å². The summed E-state index contributed by atoms with van der Waals surface area (Å²) in [4.78, 5) is 2.45. The molecule has 1 saturated carbocycles.